The van der Waals surface area contributed by atoms with Crippen LogP contribution in [0.1, 0.15) is 22.6 Å². The van der Waals surface area contributed by atoms with Crippen LogP contribution in [0.3, 0.4) is 0 Å². The Kier molecular flexibility index (Phi) is 4.25. The predicted octanol–water partition coefficient (Wildman–Crippen LogP) is 8.06. The molecule has 0 saturated heterocycles. The van der Waals surface area contributed by atoms with Crippen LogP contribution in [0.25, 0.3) is 33.8 Å². The predicted molar refractivity (Wildman–Crippen MR) is 127 cm³/mol. The summed E-state index contributed by atoms with van der Waals surface area (Å²) >= 11 is 0. The van der Waals surface area contributed by atoms with E-state index in [1.54, 1.807) is 0 Å². The third-order valence-corrected chi connectivity index (χ3v) is 6.10. The molecule has 0 spiro atoms. The van der Waals surface area contributed by atoms with Crippen molar-refractivity contribution in [1.82, 2.24) is 0 Å². The summed E-state index contributed by atoms with van der Waals surface area (Å²) < 4.78 is 6.65. The zero-order valence-electron chi connectivity index (χ0n) is 17.0. The third-order valence-electron chi connectivity index (χ3n) is 6.10. The minimum atomic E-state index is 0.149. The average molecular weight is 397 g/mol. The Morgan fingerprint density at radius 1 is 0.516 bits per heavy atom. The molecule has 0 N–H and O–H groups in total. The second-order valence-electron chi connectivity index (χ2n) is 7.93. The Bertz CT molecular complexity index is 1360. The second-order valence-corrected chi connectivity index (χ2v) is 7.93. The first-order valence-corrected chi connectivity index (χ1v) is 10.7. The molecule has 0 saturated carbocycles. The molecule has 31 heavy (non-hydrogen) atoms. The molecule has 0 aliphatic heterocycles. The van der Waals surface area contributed by atoms with E-state index in [2.05, 4.69) is 115 Å². The normalized spacial score (nSPS) is 14.1. The summed E-state index contributed by atoms with van der Waals surface area (Å²) in [6.45, 7) is 0. The van der Waals surface area contributed by atoms with E-state index in [1.807, 2.05) is 6.07 Å². The Hall–Kier alpha value is -3.97. The molecule has 4 aromatic carbocycles. The lowest BCUT2D eigenvalue weighted by molar-refractivity contribution is 0.579. The van der Waals surface area contributed by atoms with Gasteiger partial charge in [-0.25, -0.2) is 4.42 Å². The molecule has 1 unspecified atom stereocenters. The van der Waals surface area contributed by atoms with E-state index in [9.17, 15) is 0 Å². The van der Waals surface area contributed by atoms with E-state index >= 15 is 0 Å². The first kappa shape index (κ1) is 17.9. The van der Waals surface area contributed by atoms with Crippen LogP contribution in [0.15, 0.2) is 126 Å². The van der Waals surface area contributed by atoms with Crippen LogP contribution in [0.2, 0.25) is 0 Å². The smallest absolute Gasteiger partial charge is 0.206 e. The van der Waals surface area contributed by atoms with Crippen molar-refractivity contribution in [3.63, 3.8) is 0 Å². The molecule has 1 atom stereocenters. The number of benzene rings is 4. The molecule has 1 heterocycles. The van der Waals surface area contributed by atoms with Crippen LogP contribution in [0.5, 0.6) is 0 Å². The fourth-order valence-electron chi connectivity index (χ4n) is 4.72. The molecule has 1 aromatic heterocycles. The van der Waals surface area contributed by atoms with Gasteiger partial charge in [0.25, 0.3) is 0 Å². The maximum Gasteiger partial charge on any atom is 0.365 e. The fraction of sp³-hybridized carbons (Fsp3) is 0.0333. The van der Waals surface area contributed by atoms with Crippen LogP contribution < -0.4 is 0 Å². The first-order valence-electron chi connectivity index (χ1n) is 10.7. The molecule has 146 valence electrons. The van der Waals surface area contributed by atoms with Crippen LogP contribution in [-0.2, 0) is 0 Å². The van der Waals surface area contributed by atoms with Crippen molar-refractivity contribution >= 4 is 0 Å². The summed E-state index contributed by atoms with van der Waals surface area (Å²) in [7, 11) is 0. The summed E-state index contributed by atoms with van der Waals surface area (Å²) in [6, 6.07) is 42.6. The molecule has 1 nitrogen and oxygen atoms in total. The highest BCUT2D eigenvalue weighted by Gasteiger charge is 2.41. The van der Waals surface area contributed by atoms with E-state index in [0.717, 1.165) is 17.1 Å². The van der Waals surface area contributed by atoms with Crippen molar-refractivity contribution in [3.8, 4) is 33.8 Å². The van der Waals surface area contributed by atoms with Crippen molar-refractivity contribution in [2.45, 2.75) is 5.92 Å². The van der Waals surface area contributed by atoms with Gasteiger partial charge in [0.05, 0.1) is 22.8 Å². The second kappa shape index (κ2) is 7.37. The monoisotopic (exact) mass is 397 g/mol. The first-order chi connectivity index (χ1) is 15.4. The van der Waals surface area contributed by atoms with Crippen LogP contribution in [0, 0.1) is 0 Å². The minimum absolute atomic E-state index is 0.149. The number of rotatable bonds is 3. The summed E-state index contributed by atoms with van der Waals surface area (Å²) in [5, 5.41) is 0. The number of hydrogen-bond acceptors (Lipinski definition) is 0. The topological polar surface area (TPSA) is 11.3 Å². The van der Waals surface area contributed by atoms with Gasteiger partial charge >= 0.3 is 11.5 Å². The zero-order chi connectivity index (χ0) is 20.6. The third kappa shape index (κ3) is 2.98. The van der Waals surface area contributed by atoms with Gasteiger partial charge in [-0.15, -0.1) is 0 Å². The minimum Gasteiger partial charge on any atom is -0.206 e. The fourth-order valence-corrected chi connectivity index (χ4v) is 4.72. The van der Waals surface area contributed by atoms with E-state index in [4.69, 9.17) is 4.42 Å². The molecule has 0 amide bonds. The lowest BCUT2D eigenvalue weighted by Crippen LogP contribution is -2.01. The summed E-state index contributed by atoms with van der Waals surface area (Å²) in [5.74, 6) is 2.02. The Balaban J connectivity index is 1.70. The van der Waals surface area contributed by atoms with Crippen LogP contribution in [0.4, 0.5) is 0 Å². The molecule has 1 aliphatic rings. The van der Waals surface area contributed by atoms with Gasteiger partial charge < -0.3 is 0 Å². The van der Waals surface area contributed by atoms with Crippen molar-refractivity contribution in [2.75, 3.05) is 0 Å². The van der Waals surface area contributed by atoms with Crippen molar-refractivity contribution < 1.29 is 4.42 Å². The lowest BCUT2D eigenvalue weighted by Gasteiger charge is -2.15. The quantitative estimate of drug-likeness (QED) is 0.275. The van der Waals surface area contributed by atoms with E-state index in [-0.39, 0.29) is 5.92 Å². The Morgan fingerprint density at radius 3 is 1.81 bits per heavy atom. The summed E-state index contributed by atoms with van der Waals surface area (Å²) in [5.41, 5.74) is 8.54. The van der Waals surface area contributed by atoms with E-state index < -0.39 is 0 Å². The number of fused-ring (bicyclic) bond motifs is 3. The molecule has 6 rings (SSSR count). The molecule has 1 aliphatic carbocycles. The van der Waals surface area contributed by atoms with Gasteiger partial charge in [0.1, 0.15) is 0 Å². The Labute approximate surface area is 182 Å². The van der Waals surface area contributed by atoms with Crippen LogP contribution >= 0.6 is 0 Å². The molecule has 0 radical (unpaired) electrons. The van der Waals surface area contributed by atoms with Gasteiger partial charge in [0, 0.05) is 11.5 Å². The van der Waals surface area contributed by atoms with E-state index in [1.165, 1.54) is 33.4 Å². The van der Waals surface area contributed by atoms with Gasteiger partial charge in [0.15, 0.2) is 0 Å². The highest BCUT2D eigenvalue weighted by Crippen LogP contribution is 2.52. The van der Waals surface area contributed by atoms with Crippen molar-refractivity contribution in [3.05, 3.63) is 138 Å². The van der Waals surface area contributed by atoms with Gasteiger partial charge in [-0.3, -0.25) is 0 Å². The largest absolute Gasteiger partial charge is 0.365 e. The molecular weight excluding hydrogens is 376 g/mol. The highest BCUT2D eigenvalue weighted by atomic mass is 16.3. The summed E-state index contributed by atoms with van der Waals surface area (Å²) in [6.07, 6.45) is 0. The SMILES string of the molecule is c1ccc(-c2cc(-c3ccccc3)c3c([o+]2)-c2ccccc2C3c2ccccc2)cc1. The standard InChI is InChI=1S/C30H21O/c1-4-12-21(13-5-1)26-20-27(22-14-6-2-7-15-22)31-30-25-19-11-10-18-24(25)28(29(26)30)23-16-8-3-9-17-23/h1-20,28H/q+1. The molecule has 5 aromatic rings. The van der Waals surface area contributed by atoms with Gasteiger partial charge in [0.2, 0.25) is 0 Å². The lowest BCUT2D eigenvalue weighted by atomic mass is 9.85. The Morgan fingerprint density at radius 2 is 1.10 bits per heavy atom. The van der Waals surface area contributed by atoms with Gasteiger partial charge in [-0.1, -0.05) is 97.1 Å². The molecule has 1 heteroatoms. The molecular formula is C30H21O+. The summed E-state index contributed by atoms with van der Waals surface area (Å²) in [4.78, 5) is 0. The highest BCUT2D eigenvalue weighted by molar-refractivity contribution is 5.86. The van der Waals surface area contributed by atoms with Crippen molar-refractivity contribution in [1.29, 1.82) is 0 Å². The maximum atomic E-state index is 6.65. The average Bonchev–Trinajstić information content (AvgIpc) is 3.19. The zero-order valence-corrected chi connectivity index (χ0v) is 17.0. The van der Waals surface area contributed by atoms with Gasteiger partial charge in [-0.2, -0.15) is 0 Å². The van der Waals surface area contributed by atoms with Gasteiger partial charge in [-0.05, 0) is 34.9 Å². The molecule has 0 bridgehead atoms. The maximum absolute atomic E-state index is 6.65. The van der Waals surface area contributed by atoms with Crippen molar-refractivity contribution in [2.24, 2.45) is 0 Å². The van der Waals surface area contributed by atoms with E-state index in [0.29, 0.717) is 0 Å². The number of hydrogen-bond donors (Lipinski definition) is 0. The van der Waals surface area contributed by atoms with Crippen LogP contribution in [-0.4, -0.2) is 0 Å². The molecule has 0 fully saturated rings.